The minimum atomic E-state index is 0.115. The van der Waals surface area contributed by atoms with E-state index in [0.717, 1.165) is 18.5 Å². The molecule has 1 rings (SSSR count). The van der Waals surface area contributed by atoms with Crippen molar-refractivity contribution in [1.82, 2.24) is 4.90 Å². The Morgan fingerprint density at radius 3 is 2.42 bits per heavy atom. The second-order valence-corrected chi connectivity index (χ2v) is 7.02. The van der Waals surface area contributed by atoms with Gasteiger partial charge < -0.3 is 4.90 Å². The van der Waals surface area contributed by atoms with Crippen molar-refractivity contribution in [2.45, 2.75) is 41.0 Å². The standard InChI is InChI=1S/C17H27NO/c1-13(2)12-18(6)16(19)15-9-7-8-14(10-15)11-17(3,4)5/h7-10,13H,11-12H2,1-6H3. The van der Waals surface area contributed by atoms with Gasteiger partial charge in [0.05, 0.1) is 0 Å². The lowest BCUT2D eigenvalue weighted by Crippen LogP contribution is -2.30. The number of hydrogen-bond acceptors (Lipinski definition) is 1. The fraction of sp³-hybridized carbons (Fsp3) is 0.588. The molecule has 0 saturated heterocycles. The third-order valence-corrected chi connectivity index (χ3v) is 2.89. The van der Waals surface area contributed by atoms with Crippen LogP contribution in [0.15, 0.2) is 24.3 Å². The summed E-state index contributed by atoms with van der Waals surface area (Å²) in [5, 5.41) is 0. The highest BCUT2D eigenvalue weighted by molar-refractivity contribution is 5.94. The molecule has 0 saturated carbocycles. The van der Waals surface area contributed by atoms with Gasteiger partial charge in [0.1, 0.15) is 0 Å². The van der Waals surface area contributed by atoms with E-state index in [1.54, 1.807) is 4.90 Å². The number of carbonyl (C=O) groups is 1. The topological polar surface area (TPSA) is 20.3 Å². The molecule has 1 aromatic carbocycles. The highest BCUT2D eigenvalue weighted by Crippen LogP contribution is 2.21. The first-order chi connectivity index (χ1) is 8.69. The largest absolute Gasteiger partial charge is 0.341 e. The van der Waals surface area contributed by atoms with Crippen LogP contribution in [0.5, 0.6) is 0 Å². The molecule has 2 heteroatoms. The zero-order valence-electron chi connectivity index (χ0n) is 13.2. The highest BCUT2D eigenvalue weighted by Gasteiger charge is 2.15. The first-order valence-corrected chi connectivity index (χ1v) is 7.03. The summed E-state index contributed by atoms with van der Waals surface area (Å²) in [6.07, 6.45) is 0.988. The van der Waals surface area contributed by atoms with Gasteiger partial charge in [-0.3, -0.25) is 4.79 Å². The molecule has 0 aliphatic rings. The van der Waals surface area contributed by atoms with E-state index in [0.29, 0.717) is 5.92 Å². The van der Waals surface area contributed by atoms with E-state index >= 15 is 0 Å². The first-order valence-electron chi connectivity index (χ1n) is 7.03. The van der Waals surface area contributed by atoms with Crippen LogP contribution < -0.4 is 0 Å². The molecule has 0 aromatic heterocycles. The highest BCUT2D eigenvalue weighted by atomic mass is 16.2. The number of benzene rings is 1. The van der Waals surface area contributed by atoms with E-state index in [9.17, 15) is 4.79 Å². The maximum absolute atomic E-state index is 12.3. The molecule has 0 aliphatic heterocycles. The number of nitrogens with zero attached hydrogens (tertiary/aromatic N) is 1. The fourth-order valence-corrected chi connectivity index (χ4v) is 2.28. The first kappa shape index (κ1) is 15.7. The molecule has 0 aliphatic carbocycles. The van der Waals surface area contributed by atoms with E-state index in [-0.39, 0.29) is 11.3 Å². The van der Waals surface area contributed by atoms with Crippen LogP contribution in [0.4, 0.5) is 0 Å². The van der Waals surface area contributed by atoms with E-state index in [1.165, 1.54) is 5.56 Å². The summed E-state index contributed by atoms with van der Waals surface area (Å²) < 4.78 is 0. The molecule has 1 amide bonds. The molecular weight excluding hydrogens is 234 g/mol. The molecule has 1 aromatic rings. The average Bonchev–Trinajstić information content (AvgIpc) is 2.25. The third kappa shape index (κ3) is 5.46. The van der Waals surface area contributed by atoms with Gasteiger partial charge in [-0.15, -0.1) is 0 Å². The smallest absolute Gasteiger partial charge is 0.253 e. The maximum atomic E-state index is 12.3. The molecule has 0 fully saturated rings. The monoisotopic (exact) mass is 261 g/mol. The van der Waals surface area contributed by atoms with Crippen molar-refractivity contribution in [3.05, 3.63) is 35.4 Å². The van der Waals surface area contributed by atoms with Gasteiger partial charge in [0, 0.05) is 19.2 Å². The maximum Gasteiger partial charge on any atom is 0.253 e. The average molecular weight is 261 g/mol. The molecule has 0 heterocycles. The zero-order chi connectivity index (χ0) is 14.6. The molecule has 2 nitrogen and oxygen atoms in total. The second kappa shape index (κ2) is 6.23. The Bertz CT molecular complexity index is 429. The molecule has 106 valence electrons. The van der Waals surface area contributed by atoms with Crippen LogP contribution in [-0.2, 0) is 6.42 Å². The van der Waals surface area contributed by atoms with Gasteiger partial charge in [-0.1, -0.05) is 46.8 Å². The van der Waals surface area contributed by atoms with E-state index < -0.39 is 0 Å². The Labute approximate surface area is 117 Å². The van der Waals surface area contributed by atoms with Gasteiger partial charge in [-0.25, -0.2) is 0 Å². The molecule has 0 N–H and O–H groups in total. The lowest BCUT2D eigenvalue weighted by molar-refractivity contribution is 0.0779. The van der Waals surface area contributed by atoms with E-state index in [4.69, 9.17) is 0 Å². The summed E-state index contributed by atoms with van der Waals surface area (Å²) >= 11 is 0. The van der Waals surface area contributed by atoms with Gasteiger partial charge in [-0.2, -0.15) is 0 Å². The number of hydrogen-bond donors (Lipinski definition) is 0. The van der Waals surface area contributed by atoms with Crippen LogP contribution in [-0.4, -0.2) is 24.4 Å². The molecule has 0 atom stereocenters. The van der Waals surface area contributed by atoms with Crippen LogP contribution in [0, 0.1) is 11.3 Å². The van der Waals surface area contributed by atoms with Crippen molar-refractivity contribution in [2.24, 2.45) is 11.3 Å². The van der Waals surface area contributed by atoms with Gasteiger partial charge in [-0.05, 0) is 35.4 Å². The molecular formula is C17H27NO. The number of carbonyl (C=O) groups excluding carboxylic acids is 1. The van der Waals surface area contributed by atoms with Crippen LogP contribution >= 0.6 is 0 Å². The summed E-state index contributed by atoms with van der Waals surface area (Å²) in [6.45, 7) is 11.7. The Kier molecular flexibility index (Phi) is 5.16. The van der Waals surface area contributed by atoms with Crippen LogP contribution in [0.2, 0.25) is 0 Å². The quantitative estimate of drug-likeness (QED) is 0.802. The van der Waals surface area contributed by atoms with Gasteiger partial charge in [0.2, 0.25) is 0 Å². The predicted molar refractivity (Wildman–Crippen MR) is 81.4 cm³/mol. The van der Waals surface area contributed by atoms with Crippen LogP contribution in [0.25, 0.3) is 0 Å². The molecule has 19 heavy (non-hydrogen) atoms. The van der Waals surface area contributed by atoms with Gasteiger partial charge in [0.25, 0.3) is 5.91 Å². The van der Waals surface area contributed by atoms with Crippen LogP contribution in [0.3, 0.4) is 0 Å². The van der Waals surface area contributed by atoms with E-state index in [2.05, 4.69) is 40.7 Å². The van der Waals surface area contributed by atoms with Crippen molar-refractivity contribution in [2.75, 3.05) is 13.6 Å². The lowest BCUT2D eigenvalue weighted by atomic mass is 9.87. The molecule has 0 spiro atoms. The Morgan fingerprint density at radius 2 is 1.89 bits per heavy atom. The van der Waals surface area contributed by atoms with Gasteiger partial charge in [0.15, 0.2) is 0 Å². The molecule has 0 unspecified atom stereocenters. The summed E-state index contributed by atoms with van der Waals surface area (Å²) in [7, 11) is 1.87. The van der Waals surface area contributed by atoms with Crippen molar-refractivity contribution in [1.29, 1.82) is 0 Å². The molecule has 0 radical (unpaired) electrons. The predicted octanol–water partition coefficient (Wildman–Crippen LogP) is 4.00. The number of rotatable bonds is 4. The lowest BCUT2D eigenvalue weighted by Gasteiger charge is -2.21. The van der Waals surface area contributed by atoms with Crippen molar-refractivity contribution in [3.63, 3.8) is 0 Å². The minimum absolute atomic E-state index is 0.115. The third-order valence-electron chi connectivity index (χ3n) is 2.89. The Morgan fingerprint density at radius 1 is 1.26 bits per heavy atom. The summed E-state index contributed by atoms with van der Waals surface area (Å²) in [5.74, 6) is 0.608. The fourth-order valence-electron chi connectivity index (χ4n) is 2.28. The zero-order valence-corrected chi connectivity index (χ0v) is 13.2. The minimum Gasteiger partial charge on any atom is -0.341 e. The van der Waals surface area contributed by atoms with E-state index in [1.807, 2.05) is 25.2 Å². The number of amides is 1. The van der Waals surface area contributed by atoms with Crippen molar-refractivity contribution in [3.8, 4) is 0 Å². The normalized spacial score (nSPS) is 11.7. The summed E-state index contributed by atoms with van der Waals surface area (Å²) in [4.78, 5) is 14.1. The SMILES string of the molecule is CC(C)CN(C)C(=O)c1cccc(CC(C)(C)C)c1. The van der Waals surface area contributed by atoms with Crippen LogP contribution in [0.1, 0.15) is 50.5 Å². The summed E-state index contributed by atoms with van der Waals surface area (Å²) in [5.41, 5.74) is 2.27. The Balaban J connectivity index is 2.84. The molecule has 0 bridgehead atoms. The van der Waals surface area contributed by atoms with Crippen molar-refractivity contribution < 1.29 is 4.79 Å². The van der Waals surface area contributed by atoms with Crippen molar-refractivity contribution >= 4 is 5.91 Å². The second-order valence-electron chi connectivity index (χ2n) is 7.02. The Hall–Kier alpha value is -1.31. The van der Waals surface area contributed by atoms with Gasteiger partial charge >= 0.3 is 0 Å². The summed E-state index contributed by atoms with van der Waals surface area (Å²) in [6, 6.07) is 8.03.